The molecule has 1 aliphatic heterocycles. The number of rotatable bonds is 5. The number of hydrogen-bond acceptors (Lipinski definition) is 4. The fourth-order valence-corrected chi connectivity index (χ4v) is 5.08. The Hall–Kier alpha value is -0.240. The SMILES string of the molecule is CC1CCC(NS(=O)(=O)CC2CCCO2)(C(N)=S)CC1. The first-order valence-electron chi connectivity index (χ1n) is 7.26. The van der Waals surface area contributed by atoms with Gasteiger partial charge in [-0.15, -0.1) is 0 Å². The van der Waals surface area contributed by atoms with Crippen molar-refractivity contribution in [2.24, 2.45) is 11.7 Å². The Kier molecular flexibility index (Phi) is 5.05. The zero-order chi connectivity index (χ0) is 14.8. The summed E-state index contributed by atoms with van der Waals surface area (Å²) in [4.78, 5) is 0.264. The van der Waals surface area contributed by atoms with Gasteiger partial charge < -0.3 is 10.5 Å². The summed E-state index contributed by atoms with van der Waals surface area (Å²) in [6, 6.07) is 0. The van der Waals surface area contributed by atoms with Gasteiger partial charge in [-0.1, -0.05) is 19.1 Å². The third kappa shape index (κ3) is 3.90. The average Bonchev–Trinajstić information content (AvgIpc) is 2.83. The predicted octanol–water partition coefficient (Wildman–Crippen LogP) is 1.32. The van der Waals surface area contributed by atoms with Crippen molar-refractivity contribution in [1.82, 2.24) is 4.72 Å². The minimum atomic E-state index is -3.43. The van der Waals surface area contributed by atoms with E-state index >= 15 is 0 Å². The number of thiocarbonyl (C=S) groups is 1. The first kappa shape index (κ1) is 16.1. The number of nitrogens with one attached hydrogen (secondary N) is 1. The maximum atomic E-state index is 12.3. The maximum Gasteiger partial charge on any atom is 0.215 e. The van der Waals surface area contributed by atoms with Crippen LogP contribution in [0.15, 0.2) is 0 Å². The first-order valence-corrected chi connectivity index (χ1v) is 9.32. The van der Waals surface area contributed by atoms with Crippen molar-refractivity contribution in [3.05, 3.63) is 0 Å². The first-order chi connectivity index (χ1) is 9.33. The molecule has 1 saturated carbocycles. The zero-order valence-corrected chi connectivity index (χ0v) is 13.6. The highest BCUT2D eigenvalue weighted by Crippen LogP contribution is 2.33. The molecule has 3 N–H and O–H groups in total. The van der Waals surface area contributed by atoms with Crippen molar-refractivity contribution in [1.29, 1.82) is 0 Å². The highest BCUT2D eigenvalue weighted by molar-refractivity contribution is 7.89. The summed E-state index contributed by atoms with van der Waals surface area (Å²) in [6.45, 7) is 2.82. The lowest BCUT2D eigenvalue weighted by molar-refractivity contribution is 0.127. The second-order valence-corrected chi connectivity index (χ2v) is 8.35. The molecule has 0 bridgehead atoms. The molecule has 20 heavy (non-hydrogen) atoms. The average molecular weight is 320 g/mol. The van der Waals surface area contributed by atoms with Gasteiger partial charge in [0.15, 0.2) is 0 Å². The van der Waals surface area contributed by atoms with Crippen LogP contribution in [0.1, 0.15) is 45.4 Å². The van der Waals surface area contributed by atoms with Crippen molar-refractivity contribution in [2.75, 3.05) is 12.4 Å². The summed E-state index contributed by atoms with van der Waals surface area (Å²) in [6.07, 6.45) is 4.80. The largest absolute Gasteiger partial charge is 0.392 e. The molecular formula is C13H24N2O3S2. The molecule has 0 aromatic rings. The van der Waals surface area contributed by atoms with Gasteiger partial charge in [-0.05, 0) is 44.4 Å². The van der Waals surface area contributed by atoms with E-state index in [4.69, 9.17) is 22.7 Å². The number of sulfonamides is 1. The number of hydrogen-bond donors (Lipinski definition) is 2. The van der Waals surface area contributed by atoms with Gasteiger partial charge >= 0.3 is 0 Å². The van der Waals surface area contributed by atoms with Crippen LogP contribution in [0.2, 0.25) is 0 Å². The molecule has 0 radical (unpaired) electrons. The standard InChI is InChI=1S/C13H24N2O3S2/c1-10-4-6-13(7-5-10,12(14)19)15-20(16,17)9-11-3-2-8-18-11/h10-11,15H,2-9H2,1H3,(H2,14,19). The Labute approximate surface area is 126 Å². The summed E-state index contributed by atoms with van der Waals surface area (Å²) in [5.41, 5.74) is 5.10. The third-order valence-corrected chi connectivity index (χ3v) is 6.28. The van der Waals surface area contributed by atoms with E-state index in [1.165, 1.54) is 0 Å². The van der Waals surface area contributed by atoms with Gasteiger partial charge in [0.05, 0.1) is 22.4 Å². The van der Waals surface area contributed by atoms with Gasteiger partial charge in [0, 0.05) is 6.61 Å². The summed E-state index contributed by atoms with van der Waals surface area (Å²) in [7, 11) is -3.43. The van der Waals surface area contributed by atoms with Crippen LogP contribution in [0.4, 0.5) is 0 Å². The highest BCUT2D eigenvalue weighted by Gasteiger charge is 2.41. The zero-order valence-electron chi connectivity index (χ0n) is 11.9. The molecule has 1 atom stereocenters. The lowest BCUT2D eigenvalue weighted by Crippen LogP contribution is -2.59. The van der Waals surface area contributed by atoms with E-state index < -0.39 is 15.6 Å². The van der Waals surface area contributed by atoms with Crippen LogP contribution in [-0.2, 0) is 14.8 Å². The van der Waals surface area contributed by atoms with Crippen molar-refractivity contribution < 1.29 is 13.2 Å². The number of nitrogens with two attached hydrogens (primary N) is 1. The van der Waals surface area contributed by atoms with Crippen molar-refractivity contribution >= 4 is 27.2 Å². The minimum Gasteiger partial charge on any atom is -0.392 e. The maximum absolute atomic E-state index is 12.3. The van der Waals surface area contributed by atoms with Crippen LogP contribution < -0.4 is 10.5 Å². The van der Waals surface area contributed by atoms with Gasteiger partial charge in [0.1, 0.15) is 0 Å². The molecule has 1 unspecified atom stereocenters. The summed E-state index contributed by atoms with van der Waals surface area (Å²) < 4.78 is 32.9. The topological polar surface area (TPSA) is 81.4 Å². The number of ether oxygens (including phenoxy) is 1. The summed E-state index contributed by atoms with van der Waals surface area (Å²) in [5.74, 6) is 0.604. The Morgan fingerprint density at radius 1 is 1.40 bits per heavy atom. The van der Waals surface area contributed by atoms with Crippen LogP contribution in [0.25, 0.3) is 0 Å². The fourth-order valence-electron chi connectivity index (χ4n) is 3.01. The van der Waals surface area contributed by atoms with Gasteiger partial charge in [-0.3, -0.25) is 0 Å². The van der Waals surface area contributed by atoms with E-state index in [1.54, 1.807) is 0 Å². The van der Waals surface area contributed by atoms with Crippen LogP contribution in [0, 0.1) is 5.92 Å². The Balaban J connectivity index is 2.05. The molecule has 2 rings (SSSR count). The van der Waals surface area contributed by atoms with E-state index in [0.717, 1.165) is 25.7 Å². The van der Waals surface area contributed by atoms with E-state index in [-0.39, 0.29) is 16.8 Å². The van der Waals surface area contributed by atoms with E-state index in [0.29, 0.717) is 25.4 Å². The van der Waals surface area contributed by atoms with Crippen LogP contribution in [0.3, 0.4) is 0 Å². The van der Waals surface area contributed by atoms with E-state index in [1.807, 2.05) is 0 Å². The molecule has 0 aromatic carbocycles. The van der Waals surface area contributed by atoms with Crippen LogP contribution >= 0.6 is 12.2 Å². The molecule has 2 fully saturated rings. The lowest BCUT2D eigenvalue weighted by Gasteiger charge is -2.39. The molecule has 0 spiro atoms. The van der Waals surface area contributed by atoms with Gasteiger partial charge in [-0.25, -0.2) is 13.1 Å². The van der Waals surface area contributed by atoms with Crippen molar-refractivity contribution in [2.45, 2.75) is 57.1 Å². The predicted molar refractivity (Wildman–Crippen MR) is 83.0 cm³/mol. The van der Waals surface area contributed by atoms with Crippen LogP contribution in [0.5, 0.6) is 0 Å². The Bertz CT molecular complexity index is 450. The second kappa shape index (κ2) is 6.25. The molecule has 1 aliphatic carbocycles. The molecule has 0 amide bonds. The van der Waals surface area contributed by atoms with Crippen LogP contribution in [-0.4, -0.2) is 37.4 Å². The molecular weight excluding hydrogens is 296 g/mol. The molecule has 116 valence electrons. The molecule has 0 aromatic heterocycles. The normalized spacial score (nSPS) is 35.0. The minimum absolute atomic E-state index is 0.00686. The smallest absolute Gasteiger partial charge is 0.215 e. The lowest BCUT2D eigenvalue weighted by atomic mass is 9.78. The highest BCUT2D eigenvalue weighted by atomic mass is 32.2. The molecule has 5 nitrogen and oxygen atoms in total. The van der Waals surface area contributed by atoms with Gasteiger partial charge in [0.2, 0.25) is 10.0 Å². The van der Waals surface area contributed by atoms with Crippen molar-refractivity contribution in [3.8, 4) is 0 Å². The molecule has 1 saturated heterocycles. The second-order valence-electron chi connectivity index (χ2n) is 6.15. The quantitative estimate of drug-likeness (QED) is 0.747. The molecule has 2 aliphatic rings. The van der Waals surface area contributed by atoms with Crippen molar-refractivity contribution in [3.63, 3.8) is 0 Å². The third-order valence-electron chi connectivity index (χ3n) is 4.38. The fraction of sp³-hybridized carbons (Fsp3) is 0.923. The van der Waals surface area contributed by atoms with E-state index in [2.05, 4.69) is 11.6 Å². The van der Waals surface area contributed by atoms with E-state index in [9.17, 15) is 8.42 Å². The Morgan fingerprint density at radius 2 is 2.05 bits per heavy atom. The monoisotopic (exact) mass is 320 g/mol. The molecule has 1 heterocycles. The van der Waals surface area contributed by atoms with Gasteiger partial charge in [0.25, 0.3) is 0 Å². The summed E-state index contributed by atoms with van der Waals surface area (Å²) >= 11 is 5.14. The van der Waals surface area contributed by atoms with Gasteiger partial charge in [-0.2, -0.15) is 0 Å². The molecule has 7 heteroatoms. The Morgan fingerprint density at radius 3 is 2.55 bits per heavy atom. The summed E-state index contributed by atoms with van der Waals surface area (Å²) in [5, 5.41) is 0.